The molecule has 100 valence electrons. The number of aromatic amines is 1. The third kappa shape index (κ3) is 3.08. The average Bonchev–Trinajstić information content (AvgIpc) is 2.63. The smallest absolute Gasteiger partial charge is 0.330 e. The van der Waals surface area contributed by atoms with Crippen LogP contribution in [-0.4, -0.2) is 36.6 Å². The van der Waals surface area contributed by atoms with Gasteiger partial charge in [0.25, 0.3) is 5.56 Å². The van der Waals surface area contributed by atoms with Gasteiger partial charge in [-0.25, -0.2) is 13.2 Å². The summed E-state index contributed by atoms with van der Waals surface area (Å²) >= 11 is 0. The maximum Gasteiger partial charge on any atom is 0.330 e. The van der Waals surface area contributed by atoms with E-state index in [1.54, 1.807) is 0 Å². The SMILES string of the molecule is CS(=O)(=O)C[C@@H]1CO[C@@H](n2ccc(=O)[nH]c2=O)C1. The Morgan fingerprint density at radius 2 is 2.22 bits per heavy atom. The zero-order valence-corrected chi connectivity index (χ0v) is 10.6. The molecular formula is C10H14N2O5S. The molecule has 2 atom stereocenters. The summed E-state index contributed by atoms with van der Waals surface area (Å²) in [6.45, 7) is 0.295. The number of sulfone groups is 1. The summed E-state index contributed by atoms with van der Waals surface area (Å²) in [7, 11) is -3.06. The van der Waals surface area contributed by atoms with Crippen molar-refractivity contribution >= 4 is 9.84 Å². The van der Waals surface area contributed by atoms with Crippen molar-refractivity contribution in [2.45, 2.75) is 12.6 Å². The molecule has 0 unspecified atom stereocenters. The summed E-state index contributed by atoms with van der Waals surface area (Å²) in [5.41, 5.74) is -1.02. The van der Waals surface area contributed by atoms with E-state index in [4.69, 9.17) is 4.74 Å². The molecule has 1 aromatic rings. The van der Waals surface area contributed by atoms with E-state index < -0.39 is 27.3 Å². The largest absolute Gasteiger partial charge is 0.358 e. The van der Waals surface area contributed by atoms with Gasteiger partial charge in [-0.1, -0.05) is 0 Å². The monoisotopic (exact) mass is 274 g/mol. The molecule has 2 heterocycles. The minimum absolute atomic E-state index is 0.0433. The molecular weight excluding hydrogens is 260 g/mol. The molecule has 1 aliphatic heterocycles. The maximum atomic E-state index is 11.5. The lowest BCUT2D eigenvalue weighted by Gasteiger charge is -2.11. The molecule has 1 saturated heterocycles. The van der Waals surface area contributed by atoms with E-state index in [2.05, 4.69) is 4.98 Å². The van der Waals surface area contributed by atoms with Gasteiger partial charge < -0.3 is 4.74 Å². The molecule has 0 spiro atoms. The highest BCUT2D eigenvalue weighted by Gasteiger charge is 2.29. The minimum atomic E-state index is -3.06. The molecule has 2 rings (SSSR count). The van der Waals surface area contributed by atoms with Crippen molar-refractivity contribution in [2.24, 2.45) is 5.92 Å². The quantitative estimate of drug-likeness (QED) is 0.771. The summed E-state index contributed by atoms with van der Waals surface area (Å²) in [4.78, 5) is 24.6. The van der Waals surface area contributed by atoms with Crippen LogP contribution in [-0.2, 0) is 14.6 Å². The molecule has 1 aromatic heterocycles. The van der Waals surface area contributed by atoms with Crippen molar-refractivity contribution in [3.63, 3.8) is 0 Å². The number of hydrogen-bond acceptors (Lipinski definition) is 5. The zero-order valence-electron chi connectivity index (χ0n) is 9.83. The van der Waals surface area contributed by atoms with E-state index in [0.29, 0.717) is 13.0 Å². The fourth-order valence-corrected chi connectivity index (χ4v) is 3.15. The normalized spacial score (nSPS) is 24.3. The molecule has 1 N–H and O–H groups in total. The van der Waals surface area contributed by atoms with Gasteiger partial charge in [-0.2, -0.15) is 0 Å². The fourth-order valence-electron chi connectivity index (χ4n) is 2.06. The lowest BCUT2D eigenvalue weighted by molar-refractivity contribution is 0.0510. The highest BCUT2D eigenvalue weighted by molar-refractivity contribution is 7.90. The third-order valence-corrected chi connectivity index (χ3v) is 3.84. The molecule has 0 saturated carbocycles. The molecule has 8 heteroatoms. The summed E-state index contributed by atoms with van der Waals surface area (Å²) in [5, 5.41) is 0. The Morgan fingerprint density at radius 1 is 1.50 bits per heavy atom. The first-order chi connectivity index (χ1) is 8.35. The van der Waals surface area contributed by atoms with Crippen molar-refractivity contribution in [1.82, 2.24) is 9.55 Å². The summed E-state index contributed by atoms with van der Waals surface area (Å²) in [6, 6.07) is 1.23. The minimum Gasteiger partial charge on any atom is -0.358 e. The average molecular weight is 274 g/mol. The van der Waals surface area contributed by atoms with Gasteiger partial charge in [0.15, 0.2) is 0 Å². The van der Waals surface area contributed by atoms with Gasteiger partial charge in [0.1, 0.15) is 16.1 Å². The molecule has 0 bridgehead atoms. The van der Waals surface area contributed by atoms with Gasteiger partial charge in [-0.15, -0.1) is 0 Å². The number of nitrogens with zero attached hydrogens (tertiary/aromatic N) is 1. The van der Waals surface area contributed by atoms with Crippen molar-refractivity contribution < 1.29 is 13.2 Å². The molecule has 1 aliphatic rings. The number of hydrogen-bond donors (Lipinski definition) is 1. The van der Waals surface area contributed by atoms with Crippen LogP contribution in [0.3, 0.4) is 0 Å². The van der Waals surface area contributed by atoms with E-state index in [9.17, 15) is 18.0 Å². The maximum absolute atomic E-state index is 11.5. The lowest BCUT2D eigenvalue weighted by Crippen LogP contribution is -2.31. The molecule has 0 aromatic carbocycles. The Hall–Kier alpha value is -1.41. The number of H-pyrrole nitrogens is 1. The van der Waals surface area contributed by atoms with E-state index in [1.807, 2.05) is 0 Å². The van der Waals surface area contributed by atoms with Crippen LogP contribution in [0.5, 0.6) is 0 Å². The molecule has 7 nitrogen and oxygen atoms in total. The van der Waals surface area contributed by atoms with Crippen LogP contribution in [0.4, 0.5) is 0 Å². The summed E-state index contributed by atoms with van der Waals surface area (Å²) in [5.74, 6) is -0.0782. The van der Waals surface area contributed by atoms with Crippen LogP contribution in [0.25, 0.3) is 0 Å². The van der Waals surface area contributed by atoms with E-state index in [-0.39, 0.29) is 11.7 Å². The Balaban J connectivity index is 2.14. The van der Waals surface area contributed by atoms with Crippen LogP contribution in [0.15, 0.2) is 21.9 Å². The van der Waals surface area contributed by atoms with Crippen LogP contribution < -0.4 is 11.2 Å². The van der Waals surface area contributed by atoms with E-state index >= 15 is 0 Å². The van der Waals surface area contributed by atoms with Gasteiger partial charge in [-0.05, 0) is 6.42 Å². The zero-order chi connectivity index (χ0) is 13.3. The first kappa shape index (κ1) is 13.0. The van der Waals surface area contributed by atoms with Gasteiger partial charge >= 0.3 is 5.69 Å². The molecule has 0 radical (unpaired) electrons. The number of ether oxygens (including phenoxy) is 1. The van der Waals surface area contributed by atoms with Crippen molar-refractivity contribution in [3.05, 3.63) is 33.1 Å². The molecule has 0 aliphatic carbocycles. The Bertz CT molecular complexity index is 645. The molecule has 0 amide bonds. The standard InChI is InChI=1S/C10H14N2O5S/c1-18(15,16)6-7-4-9(17-5-7)12-3-2-8(13)11-10(12)14/h2-3,7,9H,4-6H2,1H3,(H,11,13,14)/t7-,9+/m0/s1. The van der Waals surface area contributed by atoms with E-state index in [1.165, 1.54) is 23.1 Å². The Kier molecular flexibility index (Phi) is 3.40. The van der Waals surface area contributed by atoms with Gasteiger partial charge in [0.2, 0.25) is 0 Å². The van der Waals surface area contributed by atoms with Gasteiger partial charge in [0.05, 0.1) is 12.4 Å². The number of rotatable bonds is 3. The van der Waals surface area contributed by atoms with Gasteiger partial charge in [0, 0.05) is 24.4 Å². The number of aromatic nitrogens is 2. The summed E-state index contributed by atoms with van der Waals surface area (Å²) < 4.78 is 29.0. The topological polar surface area (TPSA) is 98.2 Å². The Labute approximate surface area is 103 Å². The van der Waals surface area contributed by atoms with Crippen molar-refractivity contribution in [1.29, 1.82) is 0 Å². The van der Waals surface area contributed by atoms with Crippen LogP contribution in [0.1, 0.15) is 12.6 Å². The molecule has 1 fully saturated rings. The second-order valence-electron chi connectivity index (χ2n) is 4.50. The highest BCUT2D eigenvalue weighted by Crippen LogP contribution is 2.27. The fraction of sp³-hybridized carbons (Fsp3) is 0.600. The van der Waals surface area contributed by atoms with Crippen molar-refractivity contribution in [3.8, 4) is 0 Å². The third-order valence-electron chi connectivity index (χ3n) is 2.76. The van der Waals surface area contributed by atoms with E-state index in [0.717, 1.165) is 0 Å². The van der Waals surface area contributed by atoms with Crippen LogP contribution >= 0.6 is 0 Å². The van der Waals surface area contributed by atoms with Crippen LogP contribution in [0, 0.1) is 5.92 Å². The van der Waals surface area contributed by atoms with Crippen LogP contribution in [0.2, 0.25) is 0 Å². The Morgan fingerprint density at radius 3 is 2.83 bits per heavy atom. The predicted molar refractivity (Wildman–Crippen MR) is 64.1 cm³/mol. The second-order valence-corrected chi connectivity index (χ2v) is 6.68. The summed E-state index contributed by atoms with van der Waals surface area (Å²) in [6.07, 6.45) is 2.46. The second kappa shape index (κ2) is 4.69. The van der Waals surface area contributed by atoms with Gasteiger partial charge in [-0.3, -0.25) is 14.3 Å². The molecule has 18 heavy (non-hydrogen) atoms. The lowest BCUT2D eigenvalue weighted by atomic mass is 10.1. The first-order valence-electron chi connectivity index (χ1n) is 5.46. The highest BCUT2D eigenvalue weighted by atomic mass is 32.2. The number of nitrogens with one attached hydrogen (secondary N) is 1. The predicted octanol–water partition coefficient (Wildman–Crippen LogP) is -0.884. The first-order valence-corrected chi connectivity index (χ1v) is 7.52. The van der Waals surface area contributed by atoms with Crippen molar-refractivity contribution in [2.75, 3.05) is 18.6 Å².